The minimum absolute atomic E-state index is 0.414. The second-order valence-electron chi connectivity index (χ2n) is 3.77. The molecule has 0 saturated carbocycles. The lowest BCUT2D eigenvalue weighted by molar-refractivity contribution is 0.284. The molecule has 0 spiro atoms. The van der Waals surface area contributed by atoms with Gasteiger partial charge in [-0.1, -0.05) is 11.6 Å². The van der Waals surface area contributed by atoms with Crippen molar-refractivity contribution in [2.75, 3.05) is 25.5 Å². The number of hydrogen-bond donors (Lipinski definition) is 1. The molecule has 0 aliphatic carbocycles. The van der Waals surface area contributed by atoms with E-state index >= 15 is 0 Å². The fraction of sp³-hybridized carbons (Fsp3) is 0.600. The Morgan fingerprint density at radius 1 is 1.53 bits per heavy atom. The molecule has 0 aliphatic heterocycles. The number of nitrogens with zero attached hydrogens (tertiary/aromatic N) is 3. The van der Waals surface area contributed by atoms with Gasteiger partial charge in [0.15, 0.2) is 5.15 Å². The molecular formula is C10H17ClN4. The van der Waals surface area contributed by atoms with Crippen molar-refractivity contribution in [1.29, 1.82) is 0 Å². The molecule has 0 bridgehead atoms. The highest BCUT2D eigenvalue weighted by Crippen LogP contribution is 2.09. The highest BCUT2D eigenvalue weighted by atomic mass is 35.5. The van der Waals surface area contributed by atoms with Gasteiger partial charge in [0.05, 0.1) is 11.9 Å². The van der Waals surface area contributed by atoms with Gasteiger partial charge in [0.2, 0.25) is 0 Å². The molecule has 1 heterocycles. The Kier molecular flexibility index (Phi) is 4.78. The Bertz CT molecular complexity index is 303. The Morgan fingerprint density at radius 3 is 2.87 bits per heavy atom. The molecule has 0 fully saturated rings. The van der Waals surface area contributed by atoms with Gasteiger partial charge in [0.25, 0.3) is 0 Å². The molecule has 0 unspecified atom stereocenters. The number of nitrogens with one attached hydrogen (secondary N) is 1. The van der Waals surface area contributed by atoms with Crippen LogP contribution in [0.3, 0.4) is 0 Å². The fourth-order valence-electron chi connectivity index (χ4n) is 1.07. The molecule has 4 nitrogen and oxygen atoms in total. The average Bonchev–Trinajstić information content (AvgIpc) is 2.17. The largest absolute Gasteiger partial charge is 0.382 e. The van der Waals surface area contributed by atoms with Crippen LogP contribution in [0, 0.1) is 0 Å². The molecular weight excluding hydrogens is 212 g/mol. The van der Waals surface area contributed by atoms with Crippen molar-refractivity contribution in [3.8, 4) is 0 Å². The van der Waals surface area contributed by atoms with Gasteiger partial charge in [0, 0.05) is 25.2 Å². The van der Waals surface area contributed by atoms with E-state index in [0.29, 0.717) is 11.2 Å². The quantitative estimate of drug-likeness (QED) is 0.836. The third-order valence-corrected chi connectivity index (χ3v) is 2.48. The summed E-state index contributed by atoms with van der Waals surface area (Å²) in [6.07, 6.45) is 1.67. The standard InChI is InChI=1S/C10H17ClN4/c1-8(2)15(3)5-4-12-9-6-10(11)14-13-7-9/h6-8H,4-5H2,1-3H3,(H,12,14). The molecule has 0 saturated heterocycles. The summed E-state index contributed by atoms with van der Waals surface area (Å²) in [6.45, 7) is 6.20. The molecule has 1 N–H and O–H groups in total. The number of aromatic nitrogens is 2. The van der Waals surface area contributed by atoms with Crippen LogP contribution in [0.4, 0.5) is 5.69 Å². The van der Waals surface area contributed by atoms with Crippen molar-refractivity contribution in [3.63, 3.8) is 0 Å². The summed E-state index contributed by atoms with van der Waals surface area (Å²) in [7, 11) is 2.10. The molecule has 15 heavy (non-hydrogen) atoms. The molecule has 5 heteroatoms. The van der Waals surface area contributed by atoms with Crippen LogP contribution >= 0.6 is 11.6 Å². The lowest BCUT2D eigenvalue weighted by Crippen LogP contribution is -2.31. The summed E-state index contributed by atoms with van der Waals surface area (Å²) in [4.78, 5) is 2.27. The Hall–Kier alpha value is -0.870. The van der Waals surface area contributed by atoms with Gasteiger partial charge >= 0.3 is 0 Å². The van der Waals surface area contributed by atoms with Crippen LogP contribution < -0.4 is 5.32 Å². The zero-order valence-corrected chi connectivity index (χ0v) is 10.1. The maximum absolute atomic E-state index is 5.71. The molecule has 1 aromatic rings. The number of likely N-dealkylation sites (N-methyl/N-ethyl adjacent to an activating group) is 1. The highest BCUT2D eigenvalue weighted by molar-refractivity contribution is 6.29. The average molecular weight is 229 g/mol. The topological polar surface area (TPSA) is 41.0 Å². The number of anilines is 1. The summed E-state index contributed by atoms with van der Waals surface area (Å²) < 4.78 is 0. The van der Waals surface area contributed by atoms with E-state index in [1.807, 2.05) is 0 Å². The first-order chi connectivity index (χ1) is 7.09. The number of halogens is 1. The molecule has 0 aromatic carbocycles. The van der Waals surface area contributed by atoms with E-state index in [9.17, 15) is 0 Å². The maximum atomic E-state index is 5.71. The predicted octanol–water partition coefficient (Wildman–Crippen LogP) is 1.88. The van der Waals surface area contributed by atoms with Crippen LogP contribution in [-0.4, -0.2) is 41.3 Å². The van der Waals surface area contributed by atoms with Gasteiger partial charge in [-0.05, 0) is 20.9 Å². The van der Waals surface area contributed by atoms with Crippen LogP contribution in [0.2, 0.25) is 5.15 Å². The van der Waals surface area contributed by atoms with Crippen LogP contribution in [0.5, 0.6) is 0 Å². The zero-order valence-electron chi connectivity index (χ0n) is 9.37. The smallest absolute Gasteiger partial charge is 0.153 e. The molecule has 1 aromatic heterocycles. The van der Waals surface area contributed by atoms with Gasteiger partial charge in [-0.2, -0.15) is 5.10 Å². The van der Waals surface area contributed by atoms with Gasteiger partial charge in [-0.3, -0.25) is 0 Å². The first-order valence-electron chi connectivity index (χ1n) is 5.02. The van der Waals surface area contributed by atoms with Crippen molar-refractivity contribution < 1.29 is 0 Å². The van der Waals surface area contributed by atoms with Crippen LogP contribution in [0.15, 0.2) is 12.3 Å². The zero-order chi connectivity index (χ0) is 11.3. The first-order valence-corrected chi connectivity index (χ1v) is 5.39. The van der Waals surface area contributed by atoms with Crippen LogP contribution in [0.1, 0.15) is 13.8 Å². The van der Waals surface area contributed by atoms with Crippen molar-refractivity contribution in [2.24, 2.45) is 0 Å². The normalized spacial score (nSPS) is 11.1. The second kappa shape index (κ2) is 5.88. The van der Waals surface area contributed by atoms with Crippen molar-refractivity contribution >= 4 is 17.3 Å². The number of rotatable bonds is 5. The first kappa shape index (κ1) is 12.2. The van der Waals surface area contributed by atoms with E-state index in [0.717, 1.165) is 18.8 Å². The Morgan fingerprint density at radius 2 is 2.27 bits per heavy atom. The molecule has 0 aliphatic rings. The van der Waals surface area contributed by atoms with E-state index in [4.69, 9.17) is 11.6 Å². The Labute approximate surface area is 95.6 Å². The summed E-state index contributed by atoms with van der Waals surface area (Å²) in [5.74, 6) is 0. The van der Waals surface area contributed by atoms with E-state index in [1.165, 1.54) is 0 Å². The summed E-state index contributed by atoms with van der Waals surface area (Å²) in [5.41, 5.74) is 0.909. The molecule has 0 atom stereocenters. The monoisotopic (exact) mass is 228 g/mol. The van der Waals surface area contributed by atoms with Crippen molar-refractivity contribution in [1.82, 2.24) is 15.1 Å². The number of hydrogen-bond acceptors (Lipinski definition) is 4. The minimum Gasteiger partial charge on any atom is -0.382 e. The molecule has 84 valence electrons. The van der Waals surface area contributed by atoms with E-state index in [-0.39, 0.29) is 0 Å². The van der Waals surface area contributed by atoms with E-state index in [1.54, 1.807) is 12.3 Å². The summed E-state index contributed by atoms with van der Waals surface area (Å²) in [6, 6.07) is 2.33. The minimum atomic E-state index is 0.414. The van der Waals surface area contributed by atoms with E-state index < -0.39 is 0 Å². The molecule has 0 radical (unpaired) electrons. The Balaban J connectivity index is 2.32. The SMILES string of the molecule is CC(C)N(C)CCNc1cnnc(Cl)c1. The lowest BCUT2D eigenvalue weighted by Gasteiger charge is -2.21. The molecule has 1 rings (SSSR count). The molecule has 0 amide bonds. The van der Waals surface area contributed by atoms with Crippen molar-refractivity contribution in [2.45, 2.75) is 19.9 Å². The lowest BCUT2D eigenvalue weighted by atomic mass is 10.3. The van der Waals surface area contributed by atoms with Gasteiger partial charge in [-0.15, -0.1) is 5.10 Å². The maximum Gasteiger partial charge on any atom is 0.153 e. The highest BCUT2D eigenvalue weighted by Gasteiger charge is 2.02. The predicted molar refractivity (Wildman–Crippen MR) is 63.3 cm³/mol. The third kappa shape index (κ3) is 4.44. The fourth-order valence-corrected chi connectivity index (χ4v) is 1.23. The van der Waals surface area contributed by atoms with Crippen molar-refractivity contribution in [3.05, 3.63) is 17.4 Å². The third-order valence-electron chi connectivity index (χ3n) is 2.30. The van der Waals surface area contributed by atoms with Crippen LogP contribution in [-0.2, 0) is 0 Å². The summed E-state index contributed by atoms with van der Waals surface area (Å²) >= 11 is 5.71. The second-order valence-corrected chi connectivity index (χ2v) is 4.16. The van der Waals surface area contributed by atoms with Gasteiger partial charge < -0.3 is 10.2 Å². The van der Waals surface area contributed by atoms with Gasteiger partial charge in [0.1, 0.15) is 0 Å². The van der Waals surface area contributed by atoms with Gasteiger partial charge in [-0.25, -0.2) is 0 Å². The van der Waals surface area contributed by atoms with E-state index in [2.05, 4.69) is 41.3 Å². The summed E-state index contributed by atoms with van der Waals surface area (Å²) in [5, 5.41) is 11.1. The van der Waals surface area contributed by atoms with Crippen LogP contribution in [0.25, 0.3) is 0 Å².